The summed E-state index contributed by atoms with van der Waals surface area (Å²) in [6.07, 6.45) is 7.94. The van der Waals surface area contributed by atoms with E-state index < -0.39 is 11.6 Å². The second-order valence-corrected chi connectivity index (χ2v) is 9.35. The lowest BCUT2D eigenvalue weighted by Crippen LogP contribution is -2.55. The van der Waals surface area contributed by atoms with Gasteiger partial charge in [-0.2, -0.15) is 0 Å². The number of hydrogen-bond acceptors (Lipinski definition) is 2. The van der Waals surface area contributed by atoms with Crippen molar-refractivity contribution in [2.45, 2.75) is 52.1 Å². The molecule has 0 spiro atoms. The molecule has 8 atom stereocenters. The smallest absolute Gasteiger partial charge is 0.142 e. The third kappa shape index (κ3) is 1.64. The Labute approximate surface area is 143 Å². The molecule has 0 heterocycles. The summed E-state index contributed by atoms with van der Waals surface area (Å²) in [6, 6.07) is 0. The van der Waals surface area contributed by atoms with Gasteiger partial charge in [-0.05, 0) is 60.5 Å². The number of methoxy groups -OCH3 is 1. The van der Waals surface area contributed by atoms with Gasteiger partial charge in [-0.3, -0.25) is 4.79 Å². The summed E-state index contributed by atoms with van der Waals surface area (Å²) < 4.78 is 20.9. The number of ether oxygens (including phenoxy) is 1. The molecule has 3 fully saturated rings. The molecule has 0 aliphatic heterocycles. The number of carbonyl (C=O) groups is 1. The van der Waals surface area contributed by atoms with E-state index in [1.165, 1.54) is 5.57 Å². The van der Waals surface area contributed by atoms with Crippen LogP contribution in [0.2, 0.25) is 0 Å². The highest BCUT2D eigenvalue weighted by atomic mass is 19.1. The SMILES string of the molecule is COC1=CC2=CCC3C([C@@H](F)C[C@]4(C)C(=O)[C@H]5C[C@H]5C34)[C@@]2(C)CC1. The molecule has 5 aliphatic carbocycles. The standard InChI is InChI=1S/C21H27FO2/c1-20-7-6-12(24-3)8-11(20)4-5-13-17-14-9-15(14)19(23)21(17,2)10-16(22)18(13)20/h4,8,13-18H,5-7,9-10H2,1-3H3/t13?,14-,15+,16+,17?,18?,20+,21+/m1/s1. The second-order valence-electron chi connectivity index (χ2n) is 9.35. The predicted octanol–water partition coefficient (Wildman–Crippen LogP) is 4.46. The summed E-state index contributed by atoms with van der Waals surface area (Å²) in [5.41, 5.74) is 0.787. The number of hydrogen-bond donors (Lipinski definition) is 0. The van der Waals surface area contributed by atoms with Gasteiger partial charge in [0.05, 0.1) is 12.9 Å². The van der Waals surface area contributed by atoms with Crippen LogP contribution in [0.5, 0.6) is 0 Å². The molecular weight excluding hydrogens is 303 g/mol. The van der Waals surface area contributed by atoms with Gasteiger partial charge in [-0.15, -0.1) is 0 Å². The number of alkyl halides is 1. The van der Waals surface area contributed by atoms with E-state index in [1.807, 2.05) is 0 Å². The molecule has 3 saturated carbocycles. The number of carbonyl (C=O) groups excluding carboxylic acids is 1. The first-order chi connectivity index (χ1) is 11.4. The van der Waals surface area contributed by atoms with Gasteiger partial charge < -0.3 is 4.74 Å². The van der Waals surface area contributed by atoms with Crippen LogP contribution in [0.1, 0.15) is 46.0 Å². The minimum Gasteiger partial charge on any atom is -0.501 e. The third-order valence-corrected chi connectivity index (χ3v) is 8.34. The van der Waals surface area contributed by atoms with Gasteiger partial charge in [0.25, 0.3) is 0 Å². The van der Waals surface area contributed by atoms with E-state index in [9.17, 15) is 4.79 Å². The zero-order valence-corrected chi connectivity index (χ0v) is 14.8. The summed E-state index contributed by atoms with van der Waals surface area (Å²) in [5, 5.41) is 0. The highest BCUT2D eigenvalue weighted by molar-refractivity contribution is 5.93. The molecule has 24 heavy (non-hydrogen) atoms. The molecule has 0 aromatic rings. The van der Waals surface area contributed by atoms with Crippen LogP contribution in [0, 0.1) is 40.4 Å². The summed E-state index contributed by atoms with van der Waals surface area (Å²) in [5.74, 6) is 3.03. The van der Waals surface area contributed by atoms with Gasteiger partial charge in [-0.1, -0.05) is 19.9 Å². The molecule has 5 aliphatic rings. The fourth-order valence-electron chi connectivity index (χ4n) is 7.20. The van der Waals surface area contributed by atoms with Crippen molar-refractivity contribution in [2.24, 2.45) is 40.4 Å². The van der Waals surface area contributed by atoms with Crippen LogP contribution in [-0.2, 0) is 9.53 Å². The Balaban J connectivity index is 1.58. The van der Waals surface area contributed by atoms with Crippen LogP contribution in [0.25, 0.3) is 0 Å². The predicted molar refractivity (Wildman–Crippen MR) is 89.8 cm³/mol. The topological polar surface area (TPSA) is 26.3 Å². The Hall–Kier alpha value is -1.12. The van der Waals surface area contributed by atoms with E-state index >= 15 is 4.39 Å². The first-order valence-corrected chi connectivity index (χ1v) is 9.54. The van der Waals surface area contributed by atoms with Gasteiger partial charge in [0.2, 0.25) is 0 Å². The fourth-order valence-corrected chi connectivity index (χ4v) is 7.20. The van der Waals surface area contributed by atoms with E-state index in [2.05, 4.69) is 26.0 Å². The van der Waals surface area contributed by atoms with Crippen molar-refractivity contribution in [3.63, 3.8) is 0 Å². The Kier molecular flexibility index (Phi) is 2.86. The van der Waals surface area contributed by atoms with E-state index in [-0.39, 0.29) is 17.3 Å². The summed E-state index contributed by atoms with van der Waals surface area (Å²) >= 11 is 0. The lowest BCUT2D eigenvalue weighted by molar-refractivity contribution is -0.141. The molecule has 0 amide bonds. The van der Waals surface area contributed by atoms with Crippen molar-refractivity contribution >= 4 is 5.78 Å². The Morgan fingerprint density at radius 1 is 1.21 bits per heavy atom. The zero-order valence-electron chi connectivity index (χ0n) is 14.8. The van der Waals surface area contributed by atoms with Crippen LogP contribution in [-0.4, -0.2) is 19.1 Å². The molecule has 0 aromatic carbocycles. The average molecular weight is 330 g/mol. The highest BCUT2D eigenvalue weighted by Crippen LogP contribution is 2.71. The maximum Gasteiger partial charge on any atom is 0.142 e. The normalized spacial score (nSPS) is 54.8. The number of fused-ring (bicyclic) bond motifs is 7. The maximum atomic E-state index is 15.5. The molecule has 2 nitrogen and oxygen atoms in total. The molecule has 5 rings (SSSR count). The first-order valence-electron chi connectivity index (χ1n) is 9.54. The van der Waals surface area contributed by atoms with Gasteiger partial charge in [0.1, 0.15) is 12.0 Å². The second kappa shape index (κ2) is 4.53. The van der Waals surface area contributed by atoms with Crippen LogP contribution >= 0.6 is 0 Å². The first kappa shape index (κ1) is 15.2. The van der Waals surface area contributed by atoms with E-state index in [4.69, 9.17) is 4.74 Å². The molecule has 3 unspecified atom stereocenters. The van der Waals surface area contributed by atoms with Crippen molar-refractivity contribution in [1.29, 1.82) is 0 Å². The molecule has 0 saturated heterocycles. The Bertz CT molecular complexity index is 679. The fraction of sp³-hybridized carbons (Fsp3) is 0.762. The van der Waals surface area contributed by atoms with E-state index in [0.717, 1.165) is 31.4 Å². The Morgan fingerprint density at radius 2 is 2.00 bits per heavy atom. The van der Waals surface area contributed by atoms with E-state index in [1.54, 1.807) is 7.11 Å². The average Bonchev–Trinajstić information content (AvgIpc) is 3.28. The van der Waals surface area contributed by atoms with E-state index in [0.29, 0.717) is 30.0 Å². The third-order valence-electron chi connectivity index (χ3n) is 8.34. The van der Waals surface area contributed by atoms with Crippen molar-refractivity contribution in [2.75, 3.05) is 7.11 Å². The molecule has 0 bridgehead atoms. The number of halogens is 1. The number of rotatable bonds is 1. The van der Waals surface area contributed by atoms with Gasteiger partial charge in [0, 0.05) is 23.7 Å². The van der Waals surface area contributed by atoms with Crippen molar-refractivity contribution < 1.29 is 13.9 Å². The Morgan fingerprint density at radius 3 is 2.75 bits per heavy atom. The largest absolute Gasteiger partial charge is 0.501 e. The zero-order chi connectivity index (χ0) is 16.9. The highest BCUT2D eigenvalue weighted by Gasteiger charge is 2.71. The summed E-state index contributed by atoms with van der Waals surface area (Å²) in [7, 11) is 1.72. The summed E-state index contributed by atoms with van der Waals surface area (Å²) in [4.78, 5) is 12.8. The molecule has 0 radical (unpaired) electrons. The van der Waals surface area contributed by atoms with Gasteiger partial charge in [0.15, 0.2) is 0 Å². The minimum atomic E-state index is -0.858. The number of ketones is 1. The number of Topliss-reactive ketones (excluding diaryl/α,β-unsaturated/α-hetero) is 1. The molecule has 0 N–H and O–H groups in total. The van der Waals surface area contributed by atoms with Crippen LogP contribution in [0.15, 0.2) is 23.5 Å². The lowest BCUT2D eigenvalue weighted by Gasteiger charge is -2.57. The van der Waals surface area contributed by atoms with Crippen LogP contribution in [0.3, 0.4) is 0 Å². The number of allylic oxidation sites excluding steroid dienone is 4. The minimum absolute atomic E-state index is 0.0670. The molecule has 0 aromatic heterocycles. The van der Waals surface area contributed by atoms with Crippen molar-refractivity contribution in [3.05, 3.63) is 23.5 Å². The van der Waals surface area contributed by atoms with Crippen LogP contribution < -0.4 is 0 Å². The van der Waals surface area contributed by atoms with Crippen LogP contribution in [0.4, 0.5) is 4.39 Å². The summed E-state index contributed by atoms with van der Waals surface area (Å²) in [6.45, 7) is 4.33. The van der Waals surface area contributed by atoms with Crippen molar-refractivity contribution in [1.82, 2.24) is 0 Å². The quantitative estimate of drug-likeness (QED) is 0.709. The lowest BCUT2D eigenvalue weighted by atomic mass is 9.47. The van der Waals surface area contributed by atoms with Gasteiger partial charge in [-0.25, -0.2) is 4.39 Å². The molecular formula is C21H27FO2. The maximum absolute atomic E-state index is 15.5. The monoisotopic (exact) mass is 330 g/mol. The van der Waals surface area contributed by atoms with Gasteiger partial charge >= 0.3 is 0 Å². The van der Waals surface area contributed by atoms with Crippen molar-refractivity contribution in [3.8, 4) is 0 Å². The molecule has 130 valence electrons. The molecule has 3 heteroatoms.